The van der Waals surface area contributed by atoms with Gasteiger partial charge in [-0.3, -0.25) is 0 Å². The smallest absolute Gasteiger partial charge is 0.0684 e. The Hall–Kier alpha value is -0.520. The summed E-state index contributed by atoms with van der Waals surface area (Å²) in [5, 5.41) is 11.8. The maximum Gasteiger partial charge on any atom is 0.0684 e. The van der Waals surface area contributed by atoms with Crippen LogP contribution in [-0.4, -0.2) is 24.3 Å². The number of rotatable bonds is 8. The molecule has 0 spiro atoms. The van der Waals surface area contributed by atoms with Crippen LogP contribution in [0.25, 0.3) is 0 Å². The number of aliphatic hydroxyl groups is 1. The van der Waals surface area contributed by atoms with Gasteiger partial charge in [-0.15, -0.1) is 6.42 Å². The lowest BCUT2D eigenvalue weighted by Crippen LogP contribution is -2.27. The van der Waals surface area contributed by atoms with E-state index in [4.69, 9.17) is 11.5 Å². The Morgan fingerprint density at radius 3 is 2.54 bits per heavy atom. The van der Waals surface area contributed by atoms with Crippen LogP contribution in [0, 0.1) is 12.3 Å². The molecule has 2 N–H and O–H groups in total. The van der Waals surface area contributed by atoms with E-state index in [9.17, 15) is 0 Å². The second-order valence-electron chi connectivity index (χ2n) is 3.22. The fraction of sp³-hybridized carbons (Fsp3) is 0.818. The molecule has 0 saturated carbocycles. The molecule has 13 heavy (non-hydrogen) atoms. The lowest BCUT2D eigenvalue weighted by molar-refractivity contribution is 0.282. The van der Waals surface area contributed by atoms with E-state index < -0.39 is 0 Å². The standard InChI is InChI=1S/C11H21NO/c1-3-11(4-2)12-9-7-5-6-8-10-13/h1,11-13H,4-10H2,2H3. The highest BCUT2D eigenvalue weighted by Crippen LogP contribution is 1.98. The third-order valence-electron chi connectivity index (χ3n) is 2.09. The Bertz CT molecular complexity index is 140. The summed E-state index contributed by atoms with van der Waals surface area (Å²) in [5.74, 6) is 2.70. The summed E-state index contributed by atoms with van der Waals surface area (Å²) in [6.07, 6.45) is 10.7. The van der Waals surface area contributed by atoms with Gasteiger partial charge in [-0.05, 0) is 25.8 Å². The lowest BCUT2D eigenvalue weighted by Gasteiger charge is -2.09. The number of unbranched alkanes of at least 4 members (excludes halogenated alkanes) is 3. The van der Waals surface area contributed by atoms with Crippen LogP contribution in [0.1, 0.15) is 39.0 Å². The number of terminal acetylenes is 1. The summed E-state index contributed by atoms with van der Waals surface area (Å²) in [6.45, 7) is 3.40. The van der Waals surface area contributed by atoms with Gasteiger partial charge in [0.15, 0.2) is 0 Å². The highest BCUT2D eigenvalue weighted by atomic mass is 16.2. The topological polar surface area (TPSA) is 32.3 Å². The molecule has 0 rings (SSSR count). The minimum absolute atomic E-state index is 0.234. The van der Waals surface area contributed by atoms with E-state index in [-0.39, 0.29) is 6.04 Å². The van der Waals surface area contributed by atoms with Crippen LogP contribution < -0.4 is 5.32 Å². The van der Waals surface area contributed by atoms with Gasteiger partial charge in [-0.25, -0.2) is 0 Å². The molecule has 0 bridgehead atoms. The van der Waals surface area contributed by atoms with Crippen molar-refractivity contribution in [3.63, 3.8) is 0 Å². The predicted octanol–water partition coefficient (Wildman–Crippen LogP) is 1.54. The molecule has 0 aromatic heterocycles. The fourth-order valence-corrected chi connectivity index (χ4v) is 1.19. The third-order valence-corrected chi connectivity index (χ3v) is 2.09. The molecule has 76 valence electrons. The van der Waals surface area contributed by atoms with Crippen molar-refractivity contribution in [2.45, 2.75) is 45.1 Å². The summed E-state index contributed by atoms with van der Waals surface area (Å²) in [5.41, 5.74) is 0. The molecule has 1 atom stereocenters. The zero-order valence-corrected chi connectivity index (χ0v) is 8.55. The third kappa shape index (κ3) is 7.83. The van der Waals surface area contributed by atoms with Gasteiger partial charge in [0.25, 0.3) is 0 Å². The quantitative estimate of drug-likeness (QED) is 0.442. The zero-order chi connectivity index (χ0) is 9.94. The lowest BCUT2D eigenvalue weighted by atomic mass is 10.2. The molecule has 0 radical (unpaired) electrons. The fourth-order valence-electron chi connectivity index (χ4n) is 1.19. The van der Waals surface area contributed by atoms with Crippen LogP contribution in [0.5, 0.6) is 0 Å². The number of nitrogens with one attached hydrogen (secondary N) is 1. The molecule has 0 aliphatic heterocycles. The molecule has 0 heterocycles. The van der Waals surface area contributed by atoms with Gasteiger partial charge in [0, 0.05) is 6.61 Å². The van der Waals surface area contributed by atoms with Crippen LogP contribution in [0.15, 0.2) is 0 Å². The van der Waals surface area contributed by atoms with Crippen molar-refractivity contribution in [2.75, 3.05) is 13.2 Å². The average Bonchev–Trinajstić information content (AvgIpc) is 2.17. The first-order valence-corrected chi connectivity index (χ1v) is 5.15. The molecule has 0 saturated heterocycles. The van der Waals surface area contributed by atoms with Crippen molar-refractivity contribution >= 4 is 0 Å². The predicted molar refractivity (Wildman–Crippen MR) is 56.5 cm³/mol. The van der Waals surface area contributed by atoms with Gasteiger partial charge in [-0.2, -0.15) is 0 Å². The molecular weight excluding hydrogens is 162 g/mol. The Morgan fingerprint density at radius 1 is 1.31 bits per heavy atom. The molecule has 0 aliphatic carbocycles. The highest BCUT2D eigenvalue weighted by Gasteiger charge is 1.98. The van der Waals surface area contributed by atoms with Gasteiger partial charge < -0.3 is 10.4 Å². The first kappa shape index (κ1) is 12.5. The van der Waals surface area contributed by atoms with Crippen molar-refractivity contribution in [3.8, 4) is 12.3 Å². The minimum atomic E-state index is 0.234. The summed E-state index contributed by atoms with van der Waals surface area (Å²) < 4.78 is 0. The number of aliphatic hydroxyl groups excluding tert-OH is 1. The Labute approximate surface area is 81.7 Å². The molecule has 1 unspecified atom stereocenters. The van der Waals surface area contributed by atoms with Gasteiger partial charge in [-0.1, -0.05) is 25.7 Å². The molecule has 0 aromatic rings. The second kappa shape index (κ2) is 9.57. The molecule has 0 aliphatic rings. The maximum absolute atomic E-state index is 8.54. The highest BCUT2D eigenvalue weighted by molar-refractivity contribution is 4.97. The summed E-state index contributed by atoms with van der Waals surface area (Å²) in [6, 6.07) is 0.234. The average molecular weight is 183 g/mol. The second-order valence-corrected chi connectivity index (χ2v) is 3.22. The van der Waals surface area contributed by atoms with E-state index in [1.165, 1.54) is 6.42 Å². The summed E-state index contributed by atoms with van der Waals surface area (Å²) in [7, 11) is 0. The van der Waals surface area contributed by atoms with Crippen molar-refractivity contribution in [1.29, 1.82) is 0 Å². The zero-order valence-electron chi connectivity index (χ0n) is 8.55. The first-order chi connectivity index (χ1) is 6.35. The van der Waals surface area contributed by atoms with Crippen LogP contribution in [-0.2, 0) is 0 Å². The van der Waals surface area contributed by atoms with Crippen LogP contribution >= 0.6 is 0 Å². The first-order valence-electron chi connectivity index (χ1n) is 5.15. The van der Waals surface area contributed by atoms with Crippen molar-refractivity contribution in [3.05, 3.63) is 0 Å². The normalized spacial score (nSPS) is 12.4. The van der Waals surface area contributed by atoms with Gasteiger partial charge in [0.1, 0.15) is 0 Å². The SMILES string of the molecule is C#CC(CC)NCCCCCCO. The van der Waals surface area contributed by atoms with Crippen LogP contribution in [0.4, 0.5) is 0 Å². The summed E-state index contributed by atoms with van der Waals surface area (Å²) >= 11 is 0. The monoisotopic (exact) mass is 183 g/mol. The van der Waals surface area contributed by atoms with E-state index in [1.54, 1.807) is 0 Å². The van der Waals surface area contributed by atoms with Crippen molar-refractivity contribution in [2.24, 2.45) is 0 Å². The number of hydrogen-bond acceptors (Lipinski definition) is 2. The molecule has 0 fully saturated rings. The summed E-state index contributed by atoms with van der Waals surface area (Å²) in [4.78, 5) is 0. The maximum atomic E-state index is 8.54. The Kier molecular flexibility index (Phi) is 9.18. The van der Waals surface area contributed by atoms with Crippen molar-refractivity contribution in [1.82, 2.24) is 5.32 Å². The van der Waals surface area contributed by atoms with E-state index in [1.807, 2.05) is 0 Å². The molecule has 2 heteroatoms. The number of hydrogen-bond donors (Lipinski definition) is 2. The molecular formula is C11H21NO. The Morgan fingerprint density at radius 2 is 2.00 bits per heavy atom. The molecule has 2 nitrogen and oxygen atoms in total. The van der Waals surface area contributed by atoms with Crippen LogP contribution in [0.3, 0.4) is 0 Å². The van der Waals surface area contributed by atoms with E-state index in [0.717, 1.165) is 32.2 Å². The van der Waals surface area contributed by atoms with E-state index in [0.29, 0.717) is 6.61 Å². The van der Waals surface area contributed by atoms with Crippen LogP contribution in [0.2, 0.25) is 0 Å². The molecule has 0 aromatic carbocycles. The van der Waals surface area contributed by atoms with Gasteiger partial charge in [0.2, 0.25) is 0 Å². The van der Waals surface area contributed by atoms with Gasteiger partial charge in [0.05, 0.1) is 6.04 Å². The van der Waals surface area contributed by atoms with Gasteiger partial charge >= 0.3 is 0 Å². The Balaban J connectivity index is 3.11. The van der Waals surface area contributed by atoms with E-state index >= 15 is 0 Å². The van der Waals surface area contributed by atoms with Crippen molar-refractivity contribution < 1.29 is 5.11 Å². The largest absolute Gasteiger partial charge is 0.396 e. The van der Waals surface area contributed by atoms with E-state index in [2.05, 4.69) is 18.2 Å². The minimum Gasteiger partial charge on any atom is -0.396 e. The molecule has 0 amide bonds.